The summed E-state index contributed by atoms with van der Waals surface area (Å²) in [7, 11) is 1.94. The monoisotopic (exact) mass is 365 g/mol. The van der Waals surface area contributed by atoms with E-state index < -0.39 is 0 Å². The summed E-state index contributed by atoms with van der Waals surface area (Å²) >= 11 is 1.62. The Morgan fingerprint density at radius 2 is 1.88 bits per heavy atom. The number of nitrogens with zero attached hydrogens (tertiary/aromatic N) is 3. The molecule has 1 aliphatic carbocycles. The molecule has 1 fully saturated rings. The number of carbonyl (C=O) groups is 1. The molecule has 5 heteroatoms. The molecule has 1 aromatic carbocycles. The van der Waals surface area contributed by atoms with Crippen LogP contribution in [-0.4, -0.2) is 33.7 Å². The number of carbonyl (C=O) groups excluding carboxylic acids is 1. The van der Waals surface area contributed by atoms with Crippen molar-refractivity contribution in [1.29, 1.82) is 0 Å². The Balaban J connectivity index is 1.71. The van der Waals surface area contributed by atoms with Crippen LogP contribution in [0.3, 0.4) is 0 Å². The number of rotatable bonds is 4. The maximum atomic E-state index is 13.3. The molecule has 2 heterocycles. The molecule has 0 unspecified atom stereocenters. The third-order valence-electron chi connectivity index (χ3n) is 5.16. The van der Waals surface area contributed by atoms with Crippen molar-refractivity contribution in [2.45, 2.75) is 38.1 Å². The van der Waals surface area contributed by atoms with Crippen LogP contribution in [-0.2, 0) is 0 Å². The Labute approximate surface area is 158 Å². The molecule has 0 saturated heterocycles. The van der Waals surface area contributed by atoms with Gasteiger partial charge in [-0.25, -0.2) is 4.68 Å². The van der Waals surface area contributed by atoms with Crippen LogP contribution in [0, 0.1) is 0 Å². The van der Waals surface area contributed by atoms with Crippen molar-refractivity contribution < 1.29 is 4.79 Å². The second-order valence-corrected chi connectivity index (χ2v) is 7.80. The van der Waals surface area contributed by atoms with Gasteiger partial charge in [0, 0.05) is 19.3 Å². The number of para-hydroxylation sites is 1. The molecule has 1 aliphatic rings. The molecule has 0 atom stereocenters. The van der Waals surface area contributed by atoms with Gasteiger partial charge in [-0.1, -0.05) is 43.5 Å². The van der Waals surface area contributed by atoms with Crippen molar-refractivity contribution in [3.8, 4) is 16.3 Å². The Bertz CT molecular complexity index is 864. The fourth-order valence-electron chi connectivity index (χ4n) is 3.66. The van der Waals surface area contributed by atoms with Gasteiger partial charge in [0.1, 0.15) is 5.69 Å². The van der Waals surface area contributed by atoms with Crippen LogP contribution in [0.2, 0.25) is 0 Å². The highest BCUT2D eigenvalue weighted by molar-refractivity contribution is 7.13. The van der Waals surface area contributed by atoms with Gasteiger partial charge in [-0.3, -0.25) is 4.79 Å². The van der Waals surface area contributed by atoms with E-state index in [-0.39, 0.29) is 5.91 Å². The van der Waals surface area contributed by atoms with Crippen LogP contribution < -0.4 is 0 Å². The van der Waals surface area contributed by atoms with Crippen LogP contribution >= 0.6 is 11.3 Å². The van der Waals surface area contributed by atoms with Crippen molar-refractivity contribution in [1.82, 2.24) is 14.7 Å². The van der Waals surface area contributed by atoms with E-state index in [9.17, 15) is 4.79 Å². The Kier molecular flexibility index (Phi) is 4.89. The van der Waals surface area contributed by atoms with E-state index in [0.717, 1.165) is 29.1 Å². The molecular weight excluding hydrogens is 342 g/mol. The van der Waals surface area contributed by atoms with Crippen molar-refractivity contribution in [3.63, 3.8) is 0 Å². The minimum atomic E-state index is 0.0717. The summed E-state index contributed by atoms with van der Waals surface area (Å²) in [5, 5.41) is 6.77. The van der Waals surface area contributed by atoms with Gasteiger partial charge >= 0.3 is 0 Å². The number of thiophene rings is 1. The Morgan fingerprint density at radius 3 is 2.58 bits per heavy atom. The lowest BCUT2D eigenvalue weighted by atomic mass is 9.94. The van der Waals surface area contributed by atoms with E-state index in [4.69, 9.17) is 5.10 Å². The molecule has 0 N–H and O–H groups in total. The largest absolute Gasteiger partial charge is 0.339 e. The fourth-order valence-corrected chi connectivity index (χ4v) is 4.39. The third kappa shape index (κ3) is 3.31. The molecule has 0 spiro atoms. The lowest BCUT2D eigenvalue weighted by Gasteiger charge is -2.31. The van der Waals surface area contributed by atoms with Crippen LogP contribution in [0.1, 0.15) is 42.5 Å². The standard InChI is InChI=1S/C21H23N3OS/c1-23(16-9-4-2-5-10-16)21(25)18-15-24(17-11-6-3-7-12-17)22-20(18)19-13-8-14-26-19/h3,6-8,11-16H,2,4-5,9-10H2,1H3. The van der Waals surface area contributed by atoms with Crippen molar-refractivity contribution >= 4 is 17.2 Å². The van der Waals surface area contributed by atoms with Crippen molar-refractivity contribution in [3.05, 3.63) is 59.6 Å². The van der Waals surface area contributed by atoms with E-state index in [0.29, 0.717) is 11.6 Å². The number of hydrogen-bond donors (Lipinski definition) is 0. The lowest BCUT2D eigenvalue weighted by Crippen LogP contribution is -2.38. The fraction of sp³-hybridized carbons (Fsp3) is 0.333. The summed E-state index contributed by atoms with van der Waals surface area (Å²) in [5.41, 5.74) is 2.42. The normalized spacial score (nSPS) is 15.1. The highest BCUT2D eigenvalue weighted by atomic mass is 32.1. The Hall–Kier alpha value is -2.40. The van der Waals surface area contributed by atoms with Crippen LogP contribution in [0.25, 0.3) is 16.3 Å². The molecule has 4 rings (SSSR count). The minimum Gasteiger partial charge on any atom is -0.339 e. The van der Waals surface area contributed by atoms with Gasteiger partial charge in [0.2, 0.25) is 0 Å². The average Bonchev–Trinajstić information content (AvgIpc) is 3.38. The van der Waals surface area contributed by atoms with Gasteiger partial charge in [-0.05, 0) is 36.4 Å². The summed E-state index contributed by atoms with van der Waals surface area (Å²) in [6, 6.07) is 14.3. The van der Waals surface area contributed by atoms with Gasteiger partial charge < -0.3 is 4.90 Å². The molecule has 2 aromatic heterocycles. The SMILES string of the molecule is CN(C(=O)c1cn(-c2ccccc2)nc1-c1cccs1)C1CCCCC1. The number of hydrogen-bond acceptors (Lipinski definition) is 3. The zero-order chi connectivity index (χ0) is 17.9. The molecule has 3 aromatic rings. The van der Waals surface area contributed by atoms with E-state index in [1.165, 1.54) is 19.3 Å². The maximum Gasteiger partial charge on any atom is 0.257 e. The van der Waals surface area contributed by atoms with E-state index >= 15 is 0 Å². The number of aromatic nitrogens is 2. The molecule has 0 aliphatic heterocycles. The van der Waals surface area contributed by atoms with E-state index in [2.05, 4.69) is 0 Å². The number of benzene rings is 1. The van der Waals surface area contributed by atoms with E-state index in [1.54, 1.807) is 11.3 Å². The second kappa shape index (κ2) is 7.46. The molecular formula is C21H23N3OS. The van der Waals surface area contributed by atoms with Crippen molar-refractivity contribution in [2.75, 3.05) is 7.05 Å². The molecule has 26 heavy (non-hydrogen) atoms. The highest BCUT2D eigenvalue weighted by Crippen LogP contribution is 2.30. The first-order valence-electron chi connectivity index (χ1n) is 9.20. The Morgan fingerprint density at radius 1 is 1.12 bits per heavy atom. The zero-order valence-electron chi connectivity index (χ0n) is 15.0. The van der Waals surface area contributed by atoms with Gasteiger partial charge in [-0.15, -0.1) is 11.3 Å². The number of amides is 1. The highest BCUT2D eigenvalue weighted by Gasteiger charge is 2.27. The van der Waals surface area contributed by atoms with Crippen LogP contribution in [0.15, 0.2) is 54.0 Å². The summed E-state index contributed by atoms with van der Waals surface area (Å²) < 4.78 is 1.82. The summed E-state index contributed by atoms with van der Waals surface area (Å²) in [5.74, 6) is 0.0717. The quantitative estimate of drug-likeness (QED) is 0.652. The lowest BCUT2D eigenvalue weighted by molar-refractivity contribution is 0.0697. The molecule has 0 bridgehead atoms. The van der Waals surface area contributed by atoms with Crippen LogP contribution in [0.4, 0.5) is 0 Å². The molecule has 1 saturated carbocycles. The predicted octanol–water partition coefficient (Wildman–Crippen LogP) is 5.01. The average molecular weight is 366 g/mol. The van der Waals surface area contributed by atoms with Gasteiger partial charge in [0.05, 0.1) is 16.1 Å². The smallest absolute Gasteiger partial charge is 0.257 e. The summed E-state index contributed by atoms with van der Waals surface area (Å²) in [6.45, 7) is 0. The first-order chi connectivity index (χ1) is 12.7. The van der Waals surface area contributed by atoms with Gasteiger partial charge in [-0.2, -0.15) is 5.10 Å². The van der Waals surface area contributed by atoms with Gasteiger partial charge in [0.25, 0.3) is 5.91 Å². The maximum absolute atomic E-state index is 13.3. The van der Waals surface area contributed by atoms with Crippen LogP contribution in [0.5, 0.6) is 0 Å². The van der Waals surface area contributed by atoms with Crippen molar-refractivity contribution in [2.24, 2.45) is 0 Å². The van der Waals surface area contributed by atoms with E-state index in [1.807, 2.05) is 70.7 Å². The molecule has 134 valence electrons. The zero-order valence-corrected chi connectivity index (χ0v) is 15.8. The first-order valence-corrected chi connectivity index (χ1v) is 10.1. The summed E-state index contributed by atoms with van der Waals surface area (Å²) in [6.07, 6.45) is 7.79. The molecule has 4 nitrogen and oxygen atoms in total. The topological polar surface area (TPSA) is 38.1 Å². The first kappa shape index (κ1) is 17.0. The molecule has 1 amide bonds. The minimum absolute atomic E-state index is 0.0717. The third-order valence-corrected chi connectivity index (χ3v) is 6.04. The predicted molar refractivity (Wildman–Crippen MR) is 106 cm³/mol. The summed E-state index contributed by atoms with van der Waals surface area (Å²) in [4.78, 5) is 16.2. The molecule has 0 radical (unpaired) electrons. The second-order valence-electron chi connectivity index (χ2n) is 6.86. The van der Waals surface area contributed by atoms with Gasteiger partial charge in [0.15, 0.2) is 0 Å².